The highest BCUT2D eigenvalue weighted by atomic mass is 16.5. The third kappa shape index (κ3) is 2.52. The van der Waals surface area contributed by atoms with Crippen LogP contribution in [0.3, 0.4) is 0 Å². The molecule has 1 aromatic heterocycles. The van der Waals surface area contributed by atoms with E-state index >= 15 is 0 Å². The Balaban J connectivity index is 1.73. The summed E-state index contributed by atoms with van der Waals surface area (Å²) in [6.07, 6.45) is 0. The fourth-order valence-electron chi connectivity index (χ4n) is 2.57. The molecule has 3 aromatic carbocycles. The molecular weight excluding hydrogens is 304 g/mol. The van der Waals surface area contributed by atoms with Gasteiger partial charge in [-0.3, -0.25) is 0 Å². The molecule has 24 heavy (non-hydrogen) atoms. The first kappa shape index (κ1) is 14.1. The summed E-state index contributed by atoms with van der Waals surface area (Å²) in [5.41, 5.74) is 1.61. The monoisotopic (exact) mass is 316 g/mol. The minimum absolute atomic E-state index is 0.185. The average molecular weight is 316 g/mol. The summed E-state index contributed by atoms with van der Waals surface area (Å²) in [5, 5.41) is 15.3. The quantitative estimate of drug-likeness (QED) is 0.611. The maximum atomic E-state index is 11.1. The summed E-state index contributed by atoms with van der Waals surface area (Å²) in [6.45, 7) is 0. The third-order valence-electron chi connectivity index (χ3n) is 3.79. The number of carboxylic acids is 1. The van der Waals surface area contributed by atoms with Crippen molar-refractivity contribution in [2.45, 2.75) is 0 Å². The zero-order valence-corrected chi connectivity index (χ0v) is 12.5. The Morgan fingerprint density at radius 2 is 1.71 bits per heavy atom. The normalized spacial score (nSPS) is 10.8. The molecule has 116 valence electrons. The van der Waals surface area contributed by atoms with E-state index in [1.165, 1.54) is 12.1 Å². The first-order valence-corrected chi connectivity index (χ1v) is 7.37. The van der Waals surface area contributed by atoms with Gasteiger partial charge in [-0.15, -0.1) is 0 Å². The van der Waals surface area contributed by atoms with Crippen molar-refractivity contribution in [1.29, 1.82) is 0 Å². The van der Waals surface area contributed by atoms with Gasteiger partial charge in [-0.05, 0) is 35.0 Å². The molecule has 0 fully saturated rings. The van der Waals surface area contributed by atoms with Gasteiger partial charge in [-0.25, -0.2) is 4.79 Å². The van der Waals surface area contributed by atoms with Crippen molar-refractivity contribution in [1.82, 2.24) is 10.1 Å². The van der Waals surface area contributed by atoms with Crippen LogP contribution in [0.5, 0.6) is 0 Å². The SMILES string of the molecule is O=C(O)c1cccc(-c2noc(-c3ccc4ccccc4c3)n2)c1. The number of carboxylic acid groups (broad SMARTS) is 1. The predicted octanol–water partition coefficient (Wildman–Crippen LogP) is 4.26. The number of nitrogens with zero attached hydrogens (tertiary/aromatic N) is 2. The molecule has 0 aliphatic heterocycles. The molecule has 0 bridgehead atoms. The molecule has 4 rings (SSSR count). The Morgan fingerprint density at radius 3 is 2.54 bits per heavy atom. The number of hydrogen-bond donors (Lipinski definition) is 1. The van der Waals surface area contributed by atoms with Crippen LogP contribution in [-0.4, -0.2) is 21.2 Å². The van der Waals surface area contributed by atoms with Crippen LogP contribution in [0.1, 0.15) is 10.4 Å². The van der Waals surface area contributed by atoms with Crippen LogP contribution in [0.15, 0.2) is 71.3 Å². The van der Waals surface area contributed by atoms with E-state index < -0.39 is 5.97 Å². The summed E-state index contributed by atoms with van der Waals surface area (Å²) in [5.74, 6) is -0.229. The molecule has 5 nitrogen and oxygen atoms in total. The number of fused-ring (bicyclic) bond motifs is 1. The molecule has 0 aliphatic rings. The molecule has 0 amide bonds. The molecule has 4 aromatic rings. The van der Waals surface area contributed by atoms with Gasteiger partial charge in [0.15, 0.2) is 0 Å². The number of benzene rings is 3. The summed E-state index contributed by atoms with van der Waals surface area (Å²) in [6, 6.07) is 20.4. The fourth-order valence-corrected chi connectivity index (χ4v) is 2.57. The summed E-state index contributed by atoms with van der Waals surface area (Å²) >= 11 is 0. The first-order chi connectivity index (χ1) is 11.7. The van der Waals surface area contributed by atoms with Crippen LogP contribution < -0.4 is 0 Å². The standard InChI is InChI=1S/C19H12N2O3/c22-19(23)16-7-3-6-14(11-16)17-20-18(24-21-17)15-9-8-12-4-1-2-5-13(12)10-15/h1-11H,(H,22,23). The maximum Gasteiger partial charge on any atom is 0.335 e. The van der Waals surface area contributed by atoms with E-state index in [0.29, 0.717) is 17.3 Å². The lowest BCUT2D eigenvalue weighted by molar-refractivity contribution is 0.0697. The van der Waals surface area contributed by atoms with Gasteiger partial charge in [-0.2, -0.15) is 4.98 Å². The van der Waals surface area contributed by atoms with E-state index in [-0.39, 0.29) is 5.56 Å². The second kappa shape index (κ2) is 5.62. The van der Waals surface area contributed by atoms with Crippen LogP contribution in [-0.2, 0) is 0 Å². The Kier molecular flexibility index (Phi) is 3.31. The predicted molar refractivity (Wildman–Crippen MR) is 89.6 cm³/mol. The van der Waals surface area contributed by atoms with E-state index in [0.717, 1.165) is 16.3 Å². The highest BCUT2D eigenvalue weighted by Crippen LogP contribution is 2.25. The molecule has 5 heteroatoms. The Hall–Kier alpha value is -3.47. The van der Waals surface area contributed by atoms with Crippen LogP contribution in [0.4, 0.5) is 0 Å². The van der Waals surface area contributed by atoms with Gasteiger partial charge in [0, 0.05) is 11.1 Å². The van der Waals surface area contributed by atoms with Gasteiger partial charge in [-0.1, -0.05) is 47.6 Å². The van der Waals surface area contributed by atoms with Crippen molar-refractivity contribution in [3.8, 4) is 22.8 Å². The smallest absolute Gasteiger partial charge is 0.335 e. The van der Waals surface area contributed by atoms with Gasteiger partial charge in [0.2, 0.25) is 5.82 Å². The molecule has 1 heterocycles. The zero-order chi connectivity index (χ0) is 16.5. The molecular formula is C19H12N2O3. The maximum absolute atomic E-state index is 11.1. The van der Waals surface area contributed by atoms with Crippen LogP contribution in [0.2, 0.25) is 0 Å². The highest BCUT2D eigenvalue weighted by Gasteiger charge is 2.12. The zero-order valence-electron chi connectivity index (χ0n) is 12.5. The molecule has 0 atom stereocenters. The van der Waals surface area contributed by atoms with Gasteiger partial charge < -0.3 is 9.63 Å². The summed E-state index contributed by atoms with van der Waals surface area (Å²) in [7, 11) is 0. The second-order valence-electron chi connectivity index (χ2n) is 5.37. The van der Waals surface area contributed by atoms with Crippen molar-refractivity contribution in [2.75, 3.05) is 0 Å². The van der Waals surface area contributed by atoms with Crippen LogP contribution in [0.25, 0.3) is 33.6 Å². The Labute approximate surface area is 137 Å². The largest absolute Gasteiger partial charge is 0.478 e. The van der Waals surface area contributed by atoms with Crippen molar-refractivity contribution >= 4 is 16.7 Å². The van der Waals surface area contributed by atoms with E-state index in [4.69, 9.17) is 9.63 Å². The molecule has 0 saturated carbocycles. The topological polar surface area (TPSA) is 76.2 Å². The second-order valence-corrected chi connectivity index (χ2v) is 5.37. The minimum atomic E-state index is -0.991. The van der Waals surface area contributed by atoms with Crippen LogP contribution >= 0.6 is 0 Å². The van der Waals surface area contributed by atoms with Crippen molar-refractivity contribution < 1.29 is 14.4 Å². The van der Waals surface area contributed by atoms with Gasteiger partial charge >= 0.3 is 5.97 Å². The first-order valence-electron chi connectivity index (χ1n) is 7.37. The van der Waals surface area contributed by atoms with Crippen LogP contribution in [0, 0.1) is 0 Å². The van der Waals surface area contributed by atoms with E-state index in [2.05, 4.69) is 10.1 Å². The fraction of sp³-hybridized carbons (Fsp3) is 0. The highest BCUT2D eigenvalue weighted by molar-refractivity contribution is 5.89. The van der Waals surface area contributed by atoms with Crippen molar-refractivity contribution in [3.05, 3.63) is 72.3 Å². The third-order valence-corrected chi connectivity index (χ3v) is 3.79. The molecule has 0 aliphatic carbocycles. The lowest BCUT2D eigenvalue weighted by Gasteiger charge is -1.99. The van der Waals surface area contributed by atoms with Crippen molar-refractivity contribution in [2.24, 2.45) is 0 Å². The molecule has 1 N–H and O–H groups in total. The number of rotatable bonds is 3. The number of hydrogen-bond acceptors (Lipinski definition) is 4. The van der Waals surface area contributed by atoms with Gasteiger partial charge in [0.25, 0.3) is 5.89 Å². The Morgan fingerprint density at radius 1 is 0.875 bits per heavy atom. The number of aromatic nitrogens is 2. The van der Waals surface area contributed by atoms with Gasteiger partial charge in [0.1, 0.15) is 0 Å². The molecule has 0 spiro atoms. The average Bonchev–Trinajstić information content (AvgIpc) is 3.11. The lowest BCUT2D eigenvalue weighted by atomic mass is 10.1. The van der Waals surface area contributed by atoms with E-state index in [1.807, 2.05) is 42.5 Å². The molecule has 0 radical (unpaired) electrons. The summed E-state index contributed by atoms with van der Waals surface area (Å²) in [4.78, 5) is 15.5. The van der Waals surface area contributed by atoms with E-state index in [1.54, 1.807) is 12.1 Å². The molecule has 0 saturated heterocycles. The minimum Gasteiger partial charge on any atom is -0.478 e. The molecule has 0 unspecified atom stereocenters. The number of aromatic carboxylic acids is 1. The number of carbonyl (C=O) groups is 1. The van der Waals surface area contributed by atoms with Crippen molar-refractivity contribution in [3.63, 3.8) is 0 Å². The van der Waals surface area contributed by atoms with Gasteiger partial charge in [0.05, 0.1) is 5.56 Å². The summed E-state index contributed by atoms with van der Waals surface area (Å²) < 4.78 is 5.35. The lowest BCUT2D eigenvalue weighted by Crippen LogP contribution is -1.96. The Bertz CT molecular complexity index is 1050. The van der Waals surface area contributed by atoms with E-state index in [9.17, 15) is 4.79 Å².